The molecule has 1 aromatic heterocycles. The summed E-state index contributed by atoms with van der Waals surface area (Å²) in [5.41, 5.74) is 14.6. The topological polar surface area (TPSA) is 80.8 Å². The number of rotatable bonds is 2. The molecule has 0 aliphatic carbocycles. The Kier molecular flexibility index (Phi) is 2.40. The van der Waals surface area contributed by atoms with Crippen LogP contribution in [0, 0.1) is 5.41 Å². The molecular formula is C12H14N4. The lowest BCUT2D eigenvalue weighted by Crippen LogP contribution is -2.05. The van der Waals surface area contributed by atoms with Gasteiger partial charge in [0.05, 0.1) is 5.71 Å². The molecule has 0 bridgehead atoms. The molecule has 0 radical (unpaired) electrons. The van der Waals surface area contributed by atoms with E-state index in [-0.39, 0.29) is 0 Å². The summed E-state index contributed by atoms with van der Waals surface area (Å²) in [5, 5.41) is 8.07. The van der Waals surface area contributed by atoms with Crippen LogP contribution in [0.4, 0.5) is 11.4 Å². The summed E-state index contributed by atoms with van der Waals surface area (Å²) in [5.74, 6) is 0. The molecule has 0 amide bonds. The minimum absolute atomic E-state index is 0.394. The highest BCUT2D eigenvalue weighted by atomic mass is 14.9. The Bertz CT molecular complexity index is 540. The summed E-state index contributed by atoms with van der Waals surface area (Å²) >= 11 is 0. The summed E-state index contributed by atoms with van der Waals surface area (Å²) in [6.45, 7) is 0. The van der Waals surface area contributed by atoms with E-state index in [4.69, 9.17) is 16.9 Å². The van der Waals surface area contributed by atoms with Crippen LogP contribution < -0.4 is 11.5 Å². The normalized spacial score (nSPS) is 10.3. The van der Waals surface area contributed by atoms with Crippen LogP contribution in [0.1, 0.15) is 11.1 Å². The largest absolute Gasteiger partial charge is 0.399 e. The maximum Gasteiger partial charge on any atom is 0.0721 e. The lowest BCUT2D eigenvalue weighted by molar-refractivity contribution is 0.927. The molecule has 0 unspecified atom stereocenters. The standard InChI is InChI=1S/C12H14N4/c1-16-5-4-8(7-16)12(15)10-6-9(13)2-3-11(10)14/h2-7,15H,13-14H2,1H3. The van der Waals surface area contributed by atoms with Crippen LogP contribution in [0.5, 0.6) is 0 Å². The molecule has 0 fully saturated rings. The first-order valence-corrected chi connectivity index (χ1v) is 4.94. The van der Waals surface area contributed by atoms with Crippen molar-refractivity contribution in [1.29, 1.82) is 5.41 Å². The maximum absolute atomic E-state index is 8.07. The number of hydrogen-bond acceptors (Lipinski definition) is 3. The van der Waals surface area contributed by atoms with Gasteiger partial charge in [-0.1, -0.05) is 0 Å². The SMILES string of the molecule is Cn1ccc(C(=N)c2cc(N)ccc2N)c1. The van der Waals surface area contributed by atoms with Gasteiger partial charge in [-0.15, -0.1) is 0 Å². The molecule has 0 spiro atoms. The fourth-order valence-electron chi connectivity index (χ4n) is 1.60. The van der Waals surface area contributed by atoms with Gasteiger partial charge in [-0.2, -0.15) is 0 Å². The van der Waals surface area contributed by atoms with Gasteiger partial charge in [-0.25, -0.2) is 0 Å². The Balaban J connectivity index is 2.45. The van der Waals surface area contributed by atoms with Crippen LogP contribution in [0.15, 0.2) is 36.7 Å². The molecule has 4 nitrogen and oxygen atoms in total. The number of aromatic nitrogens is 1. The molecule has 16 heavy (non-hydrogen) atoms. The van der Waals surface area contributed by atoms with E-state index >= 15 is 0 Å². The quantitative estimate of drug-likeness (QED) is 0.524. The van der Waals surface area contributed by atoms with Crippen molar-refractivity contribution in [2.24, 2.45) is 7.05 Å². The first-order chi connectivity index (χ1) is 7.58. The van der Waals surface area contributed by atoms with Crippen LogP contribution in [0.25, 0.3) is 0 Å². The third kappa shape index (κ3) is 1.77. The summed E-state index contributed by atoms with van der Waals surface area (Å²) < 4.78 is 1.90. The van der Waals surface area contributed by atoms with Gasteiger partial charge < -0.3 is 16.0 Å². The van der Waals surface area contributed by atoms with E-state index in [1.807, 2.05) is 30.1 Å². The Labute approximate surface area is 94.0 Å². The number of nitrogens with two attached hydrogens (primary N) is 2. The second-order valence-electron chi connectivity index (χ2n) is 3.79. The van der Waals surface area contributed by atoms with Crippen LogP contribution in [-0.2, 0) is 7.05 Å². The highest BCUT2D eigenvalue weighted by Gasteiger charge is 2.09. The van der Waals surface area contributed by atoms with E-state index in [9.17, 15) is 0 Å². The lowest BCUT2D eigenvalue weighted by atomic mass is 10.0. The number of hydrogen-bond donors (Lipinski definition) is 3. The highest BCUT2D eigenvalue weighted by Crippen LogP contribution is 2.19. The van der Waals surface area contributed by atoms with Crippen molar-refractivity contribution in [2.75, 3.05) is 11.5 Å². The van der Waals surface area contributed by atoms with Crippen molar-refractivity contribution in [3.05, 3.63) is 47.8 Å². The molecule has 0 saturated heterocycles. The highest BCUT2D eigenvalue weighted by molar-refractivity contribution is 6.14. The predicted octanol–water partition coefficient (Wildman–Crippen LogP) is 1.61. The van der Waals surface area contributed by atoms with E-state index in [1.165, 1.54) is 0 Å². The van der Waals surface area contributed by atoms with E-state index in [0.717, 1.165) is 5.56 Å². The minimum Gasteiger partial charge on any atom is -0.399 e. The average molecular weight is 214 g/mol. The van der Waals surface area contributed by atoms with Gasteiger partial charge in [0.15, 0.2) is 0 Å². The van der Waals surface area contributed by atoms with Crippen LogP contribution in [0.2, 0.25) is 0 Å². The number of nitrogens with zero attached hydrogens (tertiary/aromatic N) is 1. The second kappa shape index (κ2) is 3.73. The van der Waals surface area contributed by atoms with Crippen LogP contribution >= 0.6 is 0 Å². The summed E-state index contributed by atoms with van der Waals surface area (Å²) in [4.78, 5) is 0. The van der Waals surface area contributed by atoms with E-state index in [2.05, 4.69) is 0 Å². The molecule has 4 heteroatoms. The van der Waals surface area contributed by atoms with Crippen molar-refractivity contribution >= 4 is 17.1 Å². The van der Waals surface area contributed by atoms with Gasteiger partial charge in [0.25, 0.3) is 0 Å². The Morgan fingerprint density at radius 2 is 2.00 bits per heavy atom. The Morgan fingerprint density at radius 3 is 2.62 bits per heavy atom. The molecule has 0 atom stereocenters. The molecular weight excluding hydrogens is 200 g/mol. The van der Waals surface area contributed by atoms with Crippen LogP contribution in [0.3, 0.4) is 0 Å². The molecule has 1 aromatic carbocycles. The van der Waals surface area contributed by atoms with Gasteiger partial charge in [0.1, 0.15) is 0 Å². The molecule has 2 rings (SSSR count). The molecule has 82 valence electrons. The second-order valence-corrected chi connectivity index (χ2v) is 3.79. The van der Waals surface area contributed by atoms with Gasteiger partial charge >= 0.3 is 0 Å². The summed E-state index contributed by atoms with van der Waals surface area (Å²) in [6.07, 6.45) is 3.78. The van der Waals surface area contributed by atoms with E-state index < -0.39 is 0 Å². The maximum atomic E-state index is 8.07. The number of anilines is 2. The summed E-state index contributed by atoms with van der Waals surface area (Å²) in [6, 6.07) is 7.06. The van der Waals surface area contributed by atoms with Crippen molar-refractivity contribution in [2.45, 2.75) is 0 Å². The third-order valence-electron chi connectivity index (χ3n) is 2.47. The van der Waals surface area contributed by atoms with Gasteiger partial charge in [0.2, 0.25) is 0 Å². The van der Waals surface area contributed by atoms with Gasteiger partial charge in [0, 0.05) is 41.9 Å². The zero-order valence-electron chi connectivity index (χ0n) is 9.07. The molecule has 2 aromatic rings. The molecule has 0 saturated carbocycles. The smallest absolute Gasteiger partial charge is 0.0721 e. The average Bonchev–Trinajstić information content (AvgIpc) is 2.67. The van der Waals surface area contributed by atoms with Crippen LogP contribution in [-0.4, -0.2) is 10.3 Å². The zero-order valence-corrected chi connectivity index (χ0v) is 9.07. The van der Waals surface area contributed by atoms with Crippen molar-refractivity contribution in [3.8, 4) is 0 Å². The first kappa shape index (κ1) is 10.3. The van der Waals surface area contributed by atoms with Crippen molar-refractivity contribution in [3.63, 3.8) is 0 Å². The Hall–Kier alpha value is -2.23. The van der Waals surface area contributed by atoms with E-state index in [0.29, 0.717) is 22.6 Å². The zero-order chi connectivity index (χ0) is 11.7. The first-order valence-electron chi connectivity index (χ1n) is 4.94. The number of nitrogens with one attached hydrogen (secondary N) is 1. The number of nitrogen functional groups attached to an aromatic ring is 2. The Morgan fingerprint density at radius 1 is 1.25 bits per heavy atom. The van der Waals surface area contributed by atoms with Gasteiger partial charge in [-0.3, -0.25) is 5.41 Å². The number of benzene rings is 1. The third-order valence-corrected chi connectivity index (χ3v) is 2.47. The molecule has 0 aliphatic rings. The van der Waals surface area contributed by atoms with Crippen molar-refractivity contribution in [1.82, 2.24) is 4.57 Å². The van der Waals surface area contributed by atoms with Crippen molar-refractivity contribution < 1.29 is 0 Å². The molecule has 0 aliphatic heterocycles. The fourth-order valence-corrected chi connectivity index (χ4v) is 1.60. The molecule has 1 heterocycles. The number of aryl methyl sites for hydroxylation is 1. The predicted molar refractivity (Wildman–Crippen MR) is 66.6 cm³/mol. The lowest BCUT2D eigenvalue weighted by Gasteiger charge is -2.07. The van der Waals surface area contributed by atoms with Gasteiger partial charge in [-0.05, 0) is 24.3 Å². The minimum atomic E-state index is 0.394. The monoisotopic (exact) mass is 214 g/mol. The van der Waals surface area contributed by atoms with E-state index in [1.54, 1.807) is 18.2 Å². The molecule has 5 N–H and O–H groups in total. The summed E-state index contributed by atoms with van der Waals surface area (Å²) in [7, 11) is 1.92. The fraction of sp³-hybridized carbons (Fsp3) is 0.0833.